The Balaban J connectivity index is 2.49. The van der Waals surface area contributed by atoms with Gasteiger partial charge in [0.1, 0.15) is 5.54 Å². The normalized spacial score (nSPS) is 19.1. The zero-order valence-electron chi connectivity index (χ0n) is 11.4. The van der Waals surface area contributed by atoms with Gasteiger partial charge in [0.25, 0.3) is 0 Å². The molecule has 0 saturated heterocycles. The molecule has 0 aliphatic heterocycles. The Labute approximate surface area is 104 Å². The molecule has 4 heteroatoms. The van der Waals surface area contributed by atoms with Crippen LogP contribution < -0.4 is 5.32 Å². The van der Waals surface area contributed by atoms with Crippen molar-refractivity contribution in [1.82, 2.24) is 5.32 Å². The van der Waals surface area contributed by atoms with E-state index in [-0.39, 0.29) is 5.97 Å². The van der Waals surface area contributed by atoms with E-state index >= 15 is 0 Å². The van der Waals surface area contributed by atoms with Gasteiger partial charge in [-0.15, -0.1) is 0 Å². The monoisotopic (exact) mass is 243 g/mol. The highest BCUT2D eigenvalue weighted by atomic mass is 16.5. The van der Waals surface area contributed by atoms with Gasteiger partial charge in [-0.3, -0.25) is 0 Å². The second-order valence-corrected chi connectivity index (χ2v) is 5.22. The Bertz CT molecular complexity index is 251. The van der Waals surface area contributed by atoms with Crippen molar-refractivity contribution in [3.63, 3.8) is 0 Å². The molecule has 1 atom stereocenters. The highest BCUT2D eigenvalue weighted by Gasteiger charge is 2.51. The molecule has 1 rings (SSSR count). The molecular formula is C13H25NO3. The van der Waals surface area contributed by atoms with Crippen molar-refractivity contribution in [2.24, 2.45) is 11.8 Å². The summed E-state index contributed by atoms with van der Waals surface area (Å²) >= 11 is 0. The number of methoxy groups -OCH3 is 1. The Morgan fingerprint density at radius 3 is 2.53 bits per heavy atom. The van der Waals surface area contributed by atoms with Crippen LogP contribution in [0.1, 0.15) is 33.1 Å². The Morgan fingerprint density at radius 1 is 1.47 bits per heavy atom. The van der Waals surface area contributed by atoms with Crippen LogP contribution in [0.5, 0.6) is 0 Å². The van der Waals surface area contributed by atoms with E-state index in [1.807, 2.05) is 0 Å². The molecule has 0 aromatic carbocycles. The largest absolute Gasteiger partial charge is 0.468 e. The molecule has 17 heavy (non-hydrogen) atoms. The topological polar surface area (TPSA) is 47.6 Å². The molecule has 0 spiro atoms. The van der Waals surface area contributed by atoms with Crippen LogP contribution in [-0.4, -0.2) is 38.9 Å². The first-order valence-electron chi connectivity index (χ1n) is 6.42. The van der Waals surface area contributed by atoms with Gasteiger partial charge in [0.2, 0.25) is 0 Å². The van der Waals surface area contributed by atoms with Gasteiger partial charge < -0.3 is 14.8 Å². The number of hydrogen-bond donors (Lipinski definition) is 1. The third kappa shape index (κ3) is 3.68. The molecule has 4 nitrogen and oxygen atoms in total. The van der Waals surface area contributed by atoms with Crippen molar-refractivity contribution in [2.45, 2.75) is 38.6 Å². The fourth-order valence-corrected chi connectivity index (χ4v) is 2.03. The fourth-order valence-electron chi connectivity index (χ4n) is 2.03. The number of rotatable bonds is 8. The van der Waals surface area contributed by atoms with Gasteiger partial charge in [0.05, 0.1) is 13.7 Å². The molecule has 0 bridgehead atoms. The molecule has 1 saturated carbocycles. The van der Waals surface area contributed by atoms with Crippen molar-refractivity contribution in [3.8, 4) is 0 Å². The van der Waals surface area contributed by atoms with Crippen molar-refractivity contribution in [3.05, 3.63) is 0 Å². The lowest BCUT2D eigenvalue weighted by Crippen LogP contribution is -2.56. The molecular weight excluding hydrogens is 218 g/mol. The summed E-state index contributed by atoms with van der Waals surface area (Å²) < 4.78 is 10.6. The third-order valence-corrected chi connectivity index (χ3v) is 3.44. The lowest BCUT2D eigenvalue weighted by Gasteiger charge is -2.30. The van der Waals surface area contributed by atoms with E-state index in [1.165, 1.54) is 7.11 Å². The van der Waals surface area contributed by atoms with Gasteiger partial charge >= 0.3 is 5.97 Å². The number of ether oxygens (including phenoxy) is 2. The maximum atomic E-state index is 11.9. The molecule has 100 valence electrons. The highest BCUT2D eigenvalue weighted by molar-refractivity contribution is 5.82. The highest BCUT2D eigenvalue weighted by Crippen LogP contribution is 2.40. The summed E-state index contributed by atoms with van der Waals surface area (Å²) in [5.41, 5.74) is -0.633. The second-order valence-electron chi connectivity index (χ2n) is 5.22. The molecule has 1 unspecified atom stereocenters. The van der Waals surface area contributed by atoms with E-state index in [1.54, 1.807) is 7.05 Å². The van der Waals surface area contributed by atoms with Crippen LogP contribution in [0.2, 0.25) is 0 Å². The Morgan fingerprint density at radius 2 is 2.12 bits per heavy atom. The summed E-state index contributed by atoms with van der Waals surface area (Å²) in [6.07, 6.45) is 3.17. The summed E-state index contributed by atoms with van der Waals surface area (Å²) in [6.45, 7) is 5.43. The van der Waals surface area contributed by atoms with Crippen molar-refractivity contribution >= 4 is 5.97 Å². The van der Waals surface area contributed by atoms with E-state index in [0.29, 0.717) is 25.0 Å². The average Bonchev–Trinajstić information content (AvgIpc) is 3.13. The molecule has 0 amide bonds. The minimum Gasteiger partial charge on any atom is -0.468 e. The smallest absolute Gasteiger partial charge is 0.328 e. The van der Waals surface area contributed by atoms with Gasteiger partial charge in [-0.2, -0.15) is 0 Å². The van der Waals surface area contributed by atoms with Gasteiger partial charge in [-0.25, -0.2) is 4.79 Å². The van der Waals surface area contributed by atoms with Crippen LogP contribution in [-0.2, 0) is 14.3 Å². The van der Waals surface area contributed by atoms with Gasteiger partial charge in [0.15, 0.2) is 0 Å². The Hall–Kier alpha value is -0.610. The third-order valence-electron chi connectivity index (χ3n) is 3.44. The second kappa shape index (κ2) is 6.36. The zero-order valence-corrected chi connectivity index (χ0v) is 11.4. The van der Waals surface area contributed by atoms with Crippen LogP contribution in [0.3, 0.4) is 0 Å². The average molecular weight is 243 g/mol. The first kappa shape index (κ1) is 14.5. The van der Waals surface area contributed by atoms with Crippen LogP contribution in [0.25, 0.3) is 0 Å². The van der Waals surface area contributed by atoms with Crippen LogP contribution in [0.15, 0.2) is 0 Å². The molecule has 1 aliphatic carbocycles. The predicted molar refractivity (Wildman–Crippen MR) is 66.8 cm³/mol. The Kier molecular flexibility index (Phi) is 5.40. The van der Waals surface area contributed by atoms with Gasteiger partial charge in [-0.05, 0) is 38.1 Å². The molecule has 0 aromatic rings. The zero-order chi connectivity index (χ0) is 12.9. The summed E-state index contributed by atoms with van der Waals surface area (Å²) in [5, 5.41) is 3.12. The molecule has 0 radical (unpaired) electrons. The molecule has 1 fully saturated rings. The maximum absolute atomic E-state index is 11.9. The van der Waals surface area contributed by atoms with Crippen molar-refractivity contribution < 1.29 is 14.3 Å². The molecule has 1 aliphatic rings. The number of nitrogens with one attached hydrogen (secondary N) is 1. The van der Waals surface area contributed by atoms with Gasteiger partial charge in [0, 0.05) is 6.61 Å². The lowest BCUT2D eigenvalue weighted by atomic mass is 9.94. The van der Waals surface area contributed by atoms with Crippen LogP contribution >= 0.6 is 0 Å². The van der Waals surface area contributed by atoms with E-state index < -0.39 is 5.54 Å². The summed E-state index contributed by atoms with van der Waals surface area (Å²) in [6, 6.07) is 0. The number of hydrogen-bond acceptors (Lipinski definition) is 4. The maximum Gasteiger partial charge on any atom is 0.328 e. The summed E-state index contributed by atoms with van der Waals surface area (Å²) in [4.78, 5) is 11.9. The minimum absolute atomic E-state index is 0.202. The lowest BCUT2D eigenvalue weighted by molar-refractivity contribution is -0.152. The van der Waals surface area contributed by atoms with E-state index in [0.717, 1.165) is 19.3 Å². The summed E-state index contributed by atoms with van der Waals surface area (Å²) in [7, 11) is 3.24. The first-order chi connectivity index (χ1) is 8.06. The first-order valence-corrected chi connectivity index (χ1v) is 6.42. The number of likely N-dealkylation sites (N-methyl/N-ethyl adjacent to an activating group) is 1. The molecule has 0 aromatic heterocycles. The van der Waals surface area contributed by atoms with E-state index in [2.05, 4.69) is 19.2 Å². The van der Waals surface area contributed by atoms with Crippen molar-refractivity contribution in [2.75, 3.05) is 27.4 Å². The van der Waals surface area contributed by atoms with Gasteiger partial charge in [-0.1, -0.05) is 13.8 Å². The fraction of sp³-hybridized carbons (Fsp3) is 0.923. The standard InChI is InChI=1S/C13H25NO3/c1-10(2)7-8-17-9-13(14-3,11-5-6-11)12(15)16-4/h10-11,14H,5-9H2,1-4H3. The van der Waals surface area contributed by atoms with Crippen LogP contribution in [0, 0.1) is 11.8 Å². The van der Waals surface area contributed by atoms with E-state index in [9.17, 15) is 4.79 Å². The number of esters is 1. The quantitative estimate of drug-likeness (QED) is 0.519. The minimum atomic E-state index is -0.633. The predicted octanol–water partition coefficient (Wildman–Crippen LogP) is 1.59. The van der Waals surface area contributed by atoms with Crippen molar-refractivity contribution in [1.29, 1.82) is 0 Å². The number of carbonyl (C=O) groups is 1. The molecule has 1 N–H and O–H groups in total. The van der Waals surface area contributed by atoms with E-state index in [4.69, 9.17) is 9.47 Å². The summed E-state index contributed by atoms with van der Waals surface area (Å²) in [5.74, 6) is 0.782. The molecule has 0 heterocycles. The SMILES string of the molecule is CNC(COCCC(C)C)(C(=O)OC)C1CC1. The van der Waals surface area contributed by atoms with Crippen LogP contribution in [0.4, 0.5) is 0 Å². The number of carbonyl (C=O) groups excluding carboxylic acids is 1.